The van der Waals surface area contributed by atoms with Gasteiger partial charge in [0, 0.05) is 5.69 Å². The van der Waals surface area contributed by atoms with Crippen molar-refractivity contribution in [3.8, 4) is 11.6 Å². The maximum absolute atomic E-state index is 8.83. The second-order valence-corrected chi connectivity index (χ2v) is 5.12. The van der Waals surface area contributed by atoms with Gasteiger partial charge in [0.25, 0.3) is 0 Å². The first-order chi connectivity index (χ1) is 10.0. The molecule has 0 saturated heterocycles. The summed E-state index contributed by atoms with van der Waals surface area (Å²) in [5.74, 6) is 1.41. The molecule has 21 heavy (non-hydrogen) atoms. The lowest BCUT2D eigenvalue weighted by atomic mass is 10.0. The molecule has 0 aliphatic heterocycles. The van der Waals surface area contributed by atoms with Crippen LogP contribution in [-0.4, -0.2) is 16.0 Å². The smallest absolute Gasteiger partial charge is 0.230 e. The largest absolute Gasteiger partial charge is 0.438 e. The zero-order valence-electron chi connectivity index (χ0n) is 12.4. The third-order valence-electron chi connectivity index (χ3n) is 3.14. The number of pyridine rings is 1. The summed E-state index contributed by atoms with van der Waals surface area (Å²) in [6.07, 6.45) is 0. The van der Waals surface area contributed by atoms with Crippen molar-refractivity contribution in [2.45, 2.75) is 26.7 Å². The fraction of sp³-hybridized carbons (Fsp3) is 0.250. The van der Waals surface area contributed by atoms with Crippen molar-refractivity contribution in [1.29, 1.82) is 0 Å². The number of hydrogen-bond donors (Lipinski definition) is 2. The molecule has 5 heteroatoms. The topological polar surface area (TPSA) is 80.7 Å². The van der Waals surface area contributed by atoms with Crippen LogP contribution in [0.1, 0.15) is 36.6 Å². The Morgan fingerprint density at radius 1 is 1.19 bits per heavy atom. The van der Waals surface area contributed by atoms with Crippen molar-refractivity contribution in [2.24, 2.45) is 10.9 Å². The molecule has 0 atom stereocenters. The molecule has 1 heterocycles. The normalized spacial score (nSPS) is 11.7. The summed E-state index contributed by atoms with van der Waals surface area (Å²) < 4.78 is 5.76. The van der Waals surface area contributed by atoms with Gasteiger partial charge in [0.15, 0.2) is 5.84 Å². The number of hydrogen-bond acceptors (Lipinski definition) is 4. The summed E-state index contributed by atoms with van der Waals surface area (Å²) in [6.45, 7) is 6.12. The molecule has 0 saturated carbocycles. The lowest BCUT2D eigenvalue weighted by molar-refractivity contribution is 0.318. The van der Waals surface area contributed by atoms with Crippen LogP contribution in [0.15, 0.2) is 41.6 Å². The predicted octanol–water partition coefficient (Wildman–Crippen LogP) is 3.40. The third kappa shape index (κ3) is 3.51. The summed E-state index contributed by atoms with van der Waals surface area (Å²) in [4.78, 5) is 4.30. The number of aryl methyl sites for hydroxylation is 1. The minimum absolute atomic E-state index is 0.0312. The molecule has 0 bridgehead atoms. The summed E-state index contributed by atoms with van der Waals surface area (Å²) >= 11 is 0. The van der Waals surface area contributed by atoms with E-state index < -0.39 is 0 Å². The van der Waals surface area contributed by atoms with Crippen LogP contribution < -0.4 is 10.5 Å². The van der Waals surface area contributed by atoms with Crippen molar-refractivity contribution >= 4 is 5.84 Å². The first-order valence-electron chi connectivity index (χ1n) is 6.74. The number of benzene rings is 1. The monoisotopic (exact) mass is 285 g/mol. The Bertz CT molecular complexity index is 649. The van der Waals surface area contributed by atoms with E-state index >= 15 is 0 Å². The van der Waals surface area contributed by atoms with Crippen molar-refractivity contribution in [3.05, 3.63) is 53.2 Å². The highest BCUT2D eigenvalue weighted by Crippen LogP contribution is 2.25. The minimum Gasteiger partial charge on any atom is -0.438 e. The molecule has 0 spiro atoms. The minimum atomic E-state index is -0.0312. The van der Waals surface area contributed by atoms with Crippen LogP contribution in [0.5, 0.6) is 11.6 Å². The van der Waals surface area contributed by atoms with E-state index in [9.17, 15) is 0 Å². The molecule has 5 nitrogen and oxygen atoms in total. The second-order valence-electron chi connectivity index (χ2n) is 5.12. The highest BCUT2D eigenvalue weighted by molar-refractivity contribution is 5.99. The van der Waals surface area contributed by atoms with Gasteiger partial charge >= 0.3 is 0 Å². The molecular formula is C16H19N3O2. The molecule has 0 fully saturated rings. The van der Waals surface area contributed by atoms with Gasteiger partial charge in [-0.1, -0.05) is 31.1 Å². The Balaban J connectivity index is 2.32. The first kappa shape index (κ1) is 14.8. The maximum Gasteiger partial charge on any atom is 0.230 e. The molecule has 0 aliphatic rings. The summed E-state index contributed by atoms with van der Waals surface area (Å²) in [7, 11) is 0. The number of amidine groups is 1. The van der Waals surface area contributed by atoms with E-state index in [4.69, 9.17) is 15.7 Å². The van der Waals surface area contributed by atoms with Gasteiger partial charge in [-0.25, -0.2) is 4.98 Å². The van der Waals surface area contributed by atoms with Gasteiger partial charge in [-0.2, -0.15) is 0 Å². The molecule has 1 aromatic carbocycles. The Labute approximate surface area is 124 Å². The van der Waals surface area contributed by atoms with Crippen LogP contribution in [-0.2, 0) is 0 Å². The van der Waals surface area contributed by atoms with Crippen molar-refractivity contribution in [1.82, 2.24) is 4.98 Å². The highest BCUT2D eigenvalue weighted by Gasteiger charge is 2.11. The lowest BCUT2D eigenvalue weighted by Crippen LogP contribution is -2.15. The Morgan fingerprint density at radius 3 is 2.43 bits per heavy atom. The van der Waals surface area contributed by atoms with E-state index in [1.165, 1.54) is 5.56 Å². The SMILES string of the molecule is Cc1ccc(C(N)=NO)c(Oc2ccc(C(C)C)cc2)n1. The fourth-order valence-corrected chi connectivity index (χ4v) is 1.89. The maximum atomic E-state index is 8.83. The van der Waals surface area contributed by atoms with Crippen LogP contribution in [0.25, 0.3) is 0 Å². The molecule has 110 valence electrons. The van der Waals surface area contributed by atoms with Crippen LogP contribution in [0.4, 0.5) is 0 Å². The van der Waals surface area contributed by atoms with E-state index in [1.807, 2.05) is 31.2 Å². The van der Waals surface area contributed by atoms with E-state index in [0.29, 0.717) is 23.1 Å². The zero-order chi connectivity index (χ0) is 15.4. The molecular weight excluding hydrogens is 266 g/mol. The van der Waals surface area contributed by atoms with Crippen molar-refractivity contribution in [3.63, 3.8) is 0 Å². The zero-order valence-corrected chi connectivity index (χ0v) is 12.4. The van der Waals surface area contributed by atoms with Crippen LogP contribution >= 0.6 is 0 Å². The number of oxime groups is 1. The Morgan fingerprint density at radius 2 is 1.86 bits per heavy atom. The predicted molar refractivity (Wildman–Crippen MR) is 82.1 cm³/mol. The van der Waals surface area contributed by atoms with E-state index in [0.717, 1.165) is 5.69 Å². The lowest BCUT2D eigenvalue weighted by Gasteiger charge is -2.11. The highest BCUT2D eigenvalue weighted by atomic mass is 16.5. The van der Waals surface area contributed by atoms with Crippen LogP contribution in [0.2, 0.25) is 0 Å². The average molecular weight is 285 g/mol. The molecule has 0 radical (unpaired) electrons. The molecule has 0 amide bonds. The quantitative estimate of drug-likeness (QED) is 0.390. The third-order valence-corrected chi connectivity index (χ3v) is 3.14. The van der Waals surface area contributed by atoms with Gasteiger partial charge in [-0.15, -0.1) is 0 Å². The fourth-order valence-electron chi connectivity index (χ4n) is 1.89. The summed E-state index contributed by atoms with van der Waals surface area (Å²) in [5, 5.41) is 11.8. The standard InChI is InChI=1S/C16H19N3O2/c1-10(2)12-5-7-13(8-6-12)21-16-14(15(17)19-20)9-4-11(3)18-16/h4-10,20H,1-3H3,(H2,17,19). The van der Waals surface area contributed by atoms with E-state index in [1.54, 1.807) is 12.1 Å². The number of nitrogens with two attached hydrogens (primary N) is 1. The first-order valence-corrected chi connectivity index (χ1v) is 6.74. The van der Waals surface area contributed by atoms with Crippen LogP contribution in [0, 0.1) is 6.92 Å². The summed E-state index contributed by atoms with van der Waals surface area (Å²) in [5.41, 5.74) is 8.12. The molecule has 0 unspecified atom stereocenters. The Hall–Kier alpha value is -2.56. The number of aromatic nitrogens is 1. The molecule has 3 N–H and O–H groups in total. The van der Waals surface area contributed by atoms with Crippen molar-refractivity contribution in [2.75, 3.05) is 0 Å². The van der Waals surface area contributed by atoms with Crippen molar-refractivity contribution < 1.29 is 9.94 Å². The van der Waals surface area contributed by atoms with Gasteiger partial charge in [-0.05, 0) is 42.7 Å². The van der Waals surface area contributed by atoms with E-state index in [-0.39, 0.29) is 5.84 Å². The molecule has 2 rings (SSSR count). The number of rotatable bonds is 4. The van der Waals surface area contributed by atoms with Gasteiger partial charge < -0.3 is 15.7 Å². The van der Waals surface area contributed by atoms with Gasteiger partial charge in [0.1, 0.15) is 5.75 Å². The summed E-state index contributed by atoms with van der Waals surface area (Å²) in [6, 6.07) is 11.3. The number of nitrogens with zero attached hydrogens (tertiary/aromatic N) is 2. The Kier molecular flexibility index (Phi) is 4.42. The molecule has 1 aromatic heterocycles. The van der Waals surface area contributed by atoms with Gasteiger partial charge in [-0.3, -0.25) is 0 Å². The van der Waals surface area contributed by atoms with Gasteiger partial charge in [0.05, 0.1) is 5.56 Å². The van der Waals surface area contributed by atoms with E-state index in [2.05, 4.69) is 24.0 Å². The average Bonchev–Trinajstić information content (AvgIpc) is 2.47. The number of ether oxygens (including phenoxy) is 1. The second kappa shape index (κ2) is 6.26. The molecule has 0 aliphatic carbocycles. The molecule has 2 aromatic rings. The van der Waals surface area contributed by atoms with Gasteiger partial charge in [0.2, 0.25) is 5.88 Å². The van der Waals surface area contributed by atoms with Crippen LogP contribution in [0.3, 0.4) is 0 Å².